The minimum atomic E-state index is -0.256. The molecule has 0 fully saturated rings. The number of hydrogen-bond donors (Lipinski definition) is 2. The maximum absolute atomic E-state index is 11.5. The summed E-state index contributed by atoms with van der Waals surface area (Å²) >= 11 is 3.37. The highest BCUT2D eigenvalue weighted by atomic mass is 79.9. The van der Waals surface area contributed by atoms with Crippen LogP contribution in [0.2, 0.25) is 0 Å². The second-order valence-corrected chi connectivity index (χ2v) is 4.93. The van der Waals surface area contributed by atoms with Gasteiger partial charge in [0.25, 0.3) is 5.91 Å². The van der Waals surface area contributed by atoms with E-state index in [9.17, 15) is 4.79 Å². The molecule has 1 aromatic carbocycles. The van der Waals surface area contributed by atoms with Gasteiger partial charge in [0, 0.05) is 22.6 Å². The number of rotatable bonds is 6. The molecule has 0 saturated heterocycles. The second kappa shape index (κ2) is 7.77. The third kappa shape index (κ3) is 5.28. The van der Waals surface area contributed by atoms with Crippen LogP contribution in [-0.4, -0.2) is 19.1 Å². The van der Waals surface area contributed by atoms with E-state index in [2.05, 4.69) is 21.2 Å². The van der Waals surface area contributed by atoms with Crippen LogP contribution in [0.25, 0.3) is 0 Å². The average molecular weight is 326 g/mol. The number of amides is 1. The highest BCUT2D eigenvalue weighted by Gasteiger charge is 2.10. The molecule has 0 aliphatic rings. The summed E-state index contributed by atoms with van der Waals surface area (Å²) in [6, 6.07) is 7.23. The number of nitriles is 1. The summed E-state index contributed by atoms with van der Waals surface area (Å²) in [5.41, 5.74) is 6.68. The molecule has 1 amide bonds. The fourth-order valence-corrected chi connectivity index (χ4v) is 1.84. The first-order chi connectivity index (χ1) is 9.04. The topological polar surface area (TPSA) is 88.1 Å². The molecule has 102 valence electrons. The zero-order valence-corrected chi connectivity index (χ0v) is 12.2. The molecule has 1 atom stereocenters. The van der Waals surface area contributed by atoms with Crippen LogP contribution in [0.3, 0.4) is 0 Å². The van der Waals surface area contributed by atoms with Gasteiger partial charge in [-0.2, -0.15) is 5.26 Å². The summed E-state index contributed by atoms with van der Waals surface area (Å²) in [4.78, 5) is 11.5. The zero-order valence-electron chi connectivity index (χ0n) is 10.6. The van der Waals surface area contributed by atoms with Crippen LogP contribution in [0.4, 0.5) is 0 Å². The van der Waals surface area contributed by atoms with E-state index in [4.69, 9.17) is 15.7 Å². The number of nitrogens with one attached hydrogen (secondary N) is 1. The number of nitrogens with zero attached hydrogens (tertiary/aromatic N) is 1. The van der Waals surface area contributed by atoms with E-state index in [1.165, 1.54) is 0 Å². The minimum Gasteiger partial charge on any atom is -0.483 e. The first-order valence-corrected chi connectivity index (χ1v) is 6.65. The van der Waals surface area contributed by atoms with Gasteiger partial charge >= 0.3 is 0 Å². The van der Waals surface area contributed by atoms with Gasteiger partial charge in [-0.05, 0) is 25.1 Å². The van der Waals surface area contributed by atoms with Crippen LogP contribution < -0.4 is 15.8 Å². The highest BCUT2D eigenvalue weighted by molar-refractivity contribution is 9.10. The fourth-order valence-electron chi connectivity index (χ4n) is 1.46. The van der Waals surface area contributed by atoms with Gasteiger partial charge in [0.2, 0.25) is 0 Å². The van der Waals surface area contributed by atoms with Crippen LogP contribution >= 0.6 is 15.9 Å². The summed E-state index contributed by atoms with van der Waals surface area (Å²) in [6.45, 7) is 2.09. The van der Waals surface area contributed by atoms with E-state index in [0.29, 0.717) is 12.3 Å². The molecule has 0 aliphatic carbocycles. The van der Waals surface area contributed by atoms with Gasteiger partial charge in [0.05, 0.1) is 12.5 Å². The van der Waals surface area contributed by atoms with Crippen LogP contribution in [-0.2, 0) is 4.79 Å². The number of carbonyl (C=O) groups excluding carboxylic acids is 1. The van der Waals surface area contributed by atoms with Gasteiger partial charge < -0.3 is 15.8 Å². The van der Waals surface area contributed by atoms with Gasteiger partial charge in [0.1, 0.15) is 5.75 Å². The zero-order chi connectivity index (χ0) is 14.3. The van der Waals surface area contributed by atoms with Crippen LogP contribution in [0.1, 0.15) is 24.9 Å². The lowest BCUT2D eigenvalue weighted by molar-refractivity contribution is -0.123. The number of nitrogens with two attached hydrogens (primary N) is 1. The molecule has 1 unspecified atom stereocenters. The SMILES string of the molecule is CC(N)c1cc(Br)ccc1OCC(=O)NCCC#N. The number of carbonyl (C=O) groups is 1. The average Bonchev–Trinajstić information content (AvgIpc) is 2.37. The van der Waals surface area contributed by atoms with Gasteiger partial charge in [-0.15, -0.1) is 0 Å². The van der Waals surface area contributed by atoms with Gasteiger partial charge in [-0.25, -0.2) is 0 Å². The van der Waals surface area contributed by atoms with Gasteiger partial charge in [-0.3, -0.25) is 4.79 Å². The van der Waals surface area contributed by atoms with E-state index >= 15 is 0 Å². The van der Waals surface area contributed by atoms with Crippen molar-refractivity contribution in [2.75, 3.05) is 13.2 Å². The van der Waals surface area contributed by atoms with Crippen molar-refractivity contribution in [2.24, 2.45) is 5.73 Å². The Morgan fingerprint density at radius 1 is 1.63 bits per heavy atom. The lowest BCUT2D eigenvalue weighted by Crippen LogP contribution is -2.29. The molecule has 0 aromatic heterocycles. The highest BCUT2D eigenvalue weighted by Crippen LogP contribution is 2.27. The molecule has 6 heteroatoms. The first-order valence-electron chi connectivity index (χ1n) is 5.86. The number of benzene rings is 1. The molecule has 0 heterocycles. The summed E-state index contributed by atoms with van der Waals surface area (Å²) in [6.07, 6.45) is 0.287. The van der Waals surface area contributed by atoms with Crippen LogP contribution in [0.5, 0.6) is 5.75 Å². The van der Waals surface area contributed by atoms with E-state index in [1.54, 1.807) is 6.07 Å². The number of hydrogen-bond acceptors (Lipinski definition) is 4. The van der Waals surface area contributed by atoms with Crippen molar-refractivity contribution >= 4 is 21.8 Å². The maximum Gasteiger partial charge on any atom is 0.257 e. The Labute approximate surface area is 120 Å². The smallest absolute Gasteiger partial charge is 0.257 e. The Balaban J connectivity index is 2.58. The third-order valence-electron chi connectivity index (χ3n) is 2.38. The molecule has 1 rings (SSSR count). The molecule has 0 radical (unpaired) electrons. The van der Waals surface area contributed by atoms with E-state index < -0.39 is 0 Å². The van der Waals surface area contributed by atoms with Gasteiger partial charge in [-0.1, -0.05) is 15.9 Å². The molecule has 1 aromatic rings. The molecule has 3 N–H and O–H groups in total. The second-order valence-electron chi connectivity index (χ2n) is 4.02. The molecule has 19 heavy (non-hydrogen) atoms. The first kappa shape index (κ1) is 15.5. The summed E-state index contributed by atoms with van der Waals surface area (Å²) < 4.78 is 6.36. The molecule has 0 bridgehead atoms. The summed E-state index contributed by atoms with van der Waals surface area (Å²) in [7, 11) is 0. The standard InChI is InChI=1S/C13H16BrN3O2/c1-9(16)11-7-10(14)3-4-12(11)19-8-13(18)17-6-2-5-15/h3-4,7,9H,2,6,8,16H2,1H3,(H,17,18). The molecule has 5 nitrogen and oxygen atoms in total. The lowest BCUT2D eigenvalue weighted by Gasteiger charge is -2.14. The summed E-state index contributed by atoms with van der Waals surface area (Å²) in [5, 5.41) is 10.9. The predicted molar refractivity (Wildman–Crippen MR) is 75.5 cm³/mol. The molecular formula is C13H16BrN3O2. The van der Waals surface area contributed by atoms with Crippen LogP contribution in [0.15, 0.2) is 22.7 Å². The fraction of sp³-hybridized carbons (Fsp3) is 0.385. The number of ether oxygens (including phenoxy) is 1. The maximum atomic E-state index is 11.5. The Bertz CT molecular complexity index is 483. The van der Waals surface area contributed by atoms with E-state index in [1.807, 2.05) is 25.1 Å². The minimum absolute atomic E-state index is 0.0905. The van der Waals surface area contributed by atoms with Crippen molar-refractivity contribution in [1.82, 2.24) is 5.32 Å². The monoisotopic (exact) mass is 325 g/mol. The van der Waals surface area contributed by atoms with Crippen LogP contribution in [0, 0.1) is 11.3 Å². The van der Waals surface area contributed by atoms with Gasteiger partial charge in [0.15, 0.2) is 6.61 Å². The third-order valence-corrected chi connectivity index (χ3v) is 2.87. The molecular weight excluding hydrogens is 310 g/mol. The Hall–Kier alpha value is -1.58. The Morgan fingerprint density at radius 2 is 2.37 bits per heavy atom. The van der Waals surface area contributed by atoms with Crippen molar-refractivity contribution in [1.29, 1.82) is 5.26 Å². The Kier molecular flexibility index (Phi) is 6.33. The van der Waals surface area contributed by atoms with E-state index in [-0.39, 0.29) is 25.0 Å². The van der Waals surface area contributed by atoms with Crippen molar-refractivity contribution in [3.63, 3.8) is 0 Å². The predicted octanol–water partition coefficient (Wildman–Crippen LogP) is 1.88. The van der Waals surface area contributed by atoms with Crippen molar-refractivity contribution < 1.29 is 9.53 Å². The lowest BCUT2D eigenvalue weighted by atomic mass is 10.1. The normalized spacial score (nSPS) is 11.5. The molecule has 0 spiro atoms. The van der Waals surface area contributed by atoms with Crippen molar-refractivity contribution in [3.05, 3.63) is 28.2 Å². The molecule has 0 aliphatic heterocycles. The van der Waals surface area contributed by atoms with Crippen molar-refractivity contribution in [2.45, 2.75) is 19.4 Å². The Morgan fingerprint density at radius 3 is 3.00 bits per heavy atom. The largest absolute Gasteiger partial charge is 0.483 e. The molecule has 0 saturated carbocycles. The van der Waals surface area contributed by atoms with Crippen molar-refractivity contribution in [3.8, 4) is 11.8 Å². The number of halogens is 1. The quantitative estimate of drug-likeness (QED) is 0.781. The van der Waals surface area contributed by atoms with E-state index in [0.717, 1.165) is 10.0 Å². The summed E-state index contributed by atoms with van der Waals surface area (Å²) in [5.74, 6) is 0.336.